The van der Waals surface area contributed by atoms with Gasteiger partial charge in [0.2, 0.25) is 11.8 Å². The fourth-order valence-electron chi connectivity index (χ4n) is 3.02. The molecule has 1 fully saturated rings. The highest BCUT2D eigenvalue weighted by molar-refractivity contribution is 5.76. The van der Waals surface area contributed by atoms with Crippen LogP contribution in [0.4, 0.5) is 0 Å². The van der Waals surface area contributed by atoms with Crippen molar-refractivity contribution in [1.29, 1.82) is 0 Å². The van der Waals surface area contributed by atoms with E-state index in [4.69, 9.17) is 5.73 Å². The molecular formula is C16H24N4O2. The molecule has 0 radical (unpaired) electrons. The number of primary amides is 1. The van der Waals surface area contributed by atoms with Gasteiger partial charge in [0.15, 0.2) is 0 Å². The summed E-state index contributed by atoms with van der Waals surface area (Å²) in [7, 11) is 1.64. The first kappa shape index (κ1) is 16.4. The summed E-state index contributed by atoms with van der Waals surface area (Å²) in [5.41, 5.74) is 8.35. The Bertz CT molecular complexity index is 559. The topological polar surface area (TPSA) is 88.3 Å². The van der Waals surface area contributed by atoms with Gasteiger partial charge in [-0.05, 0) is 50.4 Å². The van der Waals surface area contributed by atoms with E-state index < -0.39 is 0 Å². The van der Waals surface area contributed by atoms with Gasteiger partial charge in [-0.25, -0.2) is 0 Å². The fraction of sp³-hybridized carbons (Fsp3) is 0.562. The van der Waals surface area contributed by atoms with Crippen LogP contribution in [0.15, 0.2) is 12.1 Å². The third-order valence-electron chi connectivity index (χ3n) is 4.02. The summed E-state index contributed by atoms with van der Waals surface area (Å²) in [6.45, 7) is 3.10. The van der Waals surface area contributed by atoms with Gasteiger partial charge in [0.05, 0.1) is 18.3 Å². The minimum atomic E-state index is -0.306. The maximum Gasteiger partial charge on any atom is 0.231 e. The van der Waals surface area contributed by atoms with Crippen LogP contribution in [0.2, 0.25) is 0 Å². The number of hydrogen-bond acceptors (Lipinski definition) is 4. The molecule has 6 heteroatoms. The Balaban J connectivity index is 2.14. The number of aryl methyl sites for hydroxylation is 2. The summed E-state index contributed by atoms with van der Waals surface area (Å²) < 4.78 is 0. The van der Waals surface area contributed by atoms with Gasteiger partial charge in [-0.15, -0.1) is 0 Å². The molecule has 120 valence electrons. The van der Waals surface area contributed by atoms with E-state index in [2.05, 4.69) is 21.3 Å². The Morgan fingerprint density at radius 1 is 1.45 bits per heavy atom. The molecule has 0 aliphatic carbocycles. The van der Waals surface area contributed by atoms with E-state index >= 15 is 0 Å². The number of carbonyl (C=O) groups is 2. The van der Waals surface area contributed by atoms with Crippen molar-refractivity contribution in [3.63, 3.8) is 0 Å². The predicted molar refractivity (Wildman–Crippen MR) is 84.1 cm³/mol. The number of likely N-dealkylation sites (tertiary alicyclic amines) is 1. The minimum absolute atomic E-state index is 0.0345. The second-order valence-electron chi connectivity index (χ2n) is 5.81. The van der Waals surface area contributed by atoms with Crippen LogP contribution < -0.4 is 11.1 Å². The van der Waals surface area contributed by atoms with E-state index in [-0.39, 0.29) is 24.4 Å². The van der Waals surface area contributed by atoms with Gasteiger partial charge in [0.1, 0.15) is 0 Å². The Labute approximate surface area is 131 Å². The average Bonchev–Trinajstić information content (AvgIpc) is 2.91. The quantitative estimate of drug-likeness (QED) is 0.809. The summed E-state index contributed by atoms with van der Waals surface area (Å²) in [6.07, 6.45) is 3.19. The van der Waals surface area contributed by atoms with E-state index in [9.17, 15) is 9.59 Å². The smallest absolute Gasteiger partial charge is 0.231 e. The molecule has 0 saturated carbocycles. The highest BCUT2D eigenvalue weighted by atomic mass is 16.1. The molecule has 1 aliphatic heterocycles. The number of hydrogen-bond donors (Lipinski definition) is 2. The average molecular weight is 304 g/mol. The molecule has 1 atom stereocenters. The van der Waals surface area contributed by atoms with Crippen molar-refractivity contribution in [2.75, 3.05) is 20.1 Å². The second-order valence-corrected chi connectivity index (χ2v) is 5.81. The molecule has 2 amide bonds. The van der Waals surface area contributed by atoms with Crippen LogP contribution in [-0.4, -0.2) is 41.8 Å². The first-order chi connectivity index (χ1) is 10.5. The van der Waals surface area contributed by atoms with Crippen LogP contribution in [0, 0.1) is 6.92 Å². The molecule has 0 unspecified atom stereocenters. The lowest BCUT2D eigenvalue weighted by molar-refractivity contribution is -0.121. The van der Waals surface area contributed by atoms with Crippen LogP contribution in [0.5, 0.6) is 0 Å². The zero-order chi connectivity index (χ0) is 16.1. The summed E-state index contributed by atoms with van der Waals surface area (Å²) in [4.78, 5) is 29.3. The summed E-state index contributed by atoms with van der Waals surface area (Å²) >= 11 is 0. The molecule has 0 bridgehead atoms. The van der Waals surface area contributed by atoms with Crippen LogP contribution in [0.25, 0.3) is 0 Å². The van der Waals surface area contributed by atoms with E-state index in [0.717, 1.165) is 36.3 Å². The van der Waals surface area contributed by atoms with Crippen molar-refractivity contribution in [3.8, 4) is 0 Å². The van der Waals surface area contributed by atoms with Gasteiger partial charge in [0, 0.05) is 19.2 Å². The molecule has 0 aromatic carbocycles. The van der Waals surface area contributed by atoms with Gasteiger partial charge < -0.3 is 11.1 Å². The number of amides is 2. The zero-order valence-electron chi connectivity index (χ0n) is 13.3. The lowest BCUT2D eigenvalue weighted by atomic mass is 10.0. The number of nitrogens with zero attached hydrogens (tertiary/aromatic N) is 2. The van der Waals surface area contributed by atoms with E-state index in [1.165, 1.54) is 0 Å². The summed E-state index contributed by atoms with van der Waals surface area (Å²) in [5.74, 6) is -0.272. The molecule has 2 rings (SSSR count). The van der Waals surface area contributed by atoms with Crippen molar-refractivity contribution in [2.45, 2.75) is 38.6 Å². The van der Waals surface area contributed by atoms with Crippen molar-refractivity contribution < 1.29 is 9.59 Å². The Morgan fingerprint density at radius 3 is 2.91 bits per heavy atom. The van der Waals surface area contributed by atoms with Gasteiger partial charge in [-0.3, -0.25) is 19.5 Å². The Morgan fingerprint density at radius 2 is 2.23 bits per heavy atom. The Kier molecular flexibility index (Phi) is 5.49. The third-order valence-corrected chi connectivity index (χ3v) is 4.02. The molecular weight excluding hydrogens is 280 g/mol. The third kappa shape index (κ3) is 4.27. The SMILES string of the molecule is CNC(=O)CCc1cc(C)nc([C@@H]2CCCN2CC(N)=O)c1. The molecule has 2 heterocycles. The van der Waals surface area contributed by atoms with E-state index in [1.54, 1.807) is 7.05 Å². The molecule has 22 heavy (non-hydrogen) atoms. The fourth-order valence-corrected chi connectivity index (χ4v) is 3.02. The number of pyridine rings is 1. The monoisotopic (exact) mass is 304 g/mol. The summed E-state index contributed by atoms with van der Waals surface area (Å²) in [5, 5.41) is 2.63. The largest absolute Gasteiger partial charge is 0.369 e. The molecule has 3 N–H and O–H groups in total. The lowest BCUT2D eigenvalue weighted by Gasteiger charge is -2.23. The zero-order valence-corrected chi connectivity index (χ0v) is 13.3. The first-order valence-electron chi connectivity index (χ1n) is 7.70. The van der Waals surface area contributed by atoms with Gasteiger partial charge in [-0.1, -0.05) is 0 Å². The van der Waals surface area contributed by atoms with Gasteiger partial charge in [0.25, 0.3) is 0 Å². The normalized spacial score (nSPS) is 18.4. The van der Waals surface area contributed by atoms with E-state index in [1.807, 2.05) is 13.0 Å². The molecule has 1 aromatic heterocycles. The second kappa shape index (κ2) is 7.35. The van der Waals surface area contributed by atoms with Crippen molar-refractivity contribution in [2.24, 2.45) is 5.73 Å². The van der Waals surface area contributed by atoms with Gasteiger partial charge >= 0.3 is 0 Å². The van der Waals surface area contributed by atoms with Crippen LogP contribution in [0.3, 0.4) is 0 Å². The molecule has 1 aromatic rings. The highest BCUT2D eigenvalue weighted by Gasteiger charge is 2.28. The minimum Gasteiger partial charge on any atom is -0.369 e. The number of rotatable bonds is 6. The van der Waals surface area contributed by atoms with E-state index in [0.29, 0.717) is 12.8 Å². The molecule has 0 spiro atoms. The molecule has 1 saturated heterocycles. The Hall–Kier alpha value is -1.95. The maximum absolute atomic E-state index is 11.4. The summed E-state index contributed by atoms with van der Waals surface area (Å²) in [6, 6.07) is 4.21. The van der Waals surface area contributed by atoms with Crippen molar-refractivity contribution >= 4 is 11.8 Å². The number of carbonyl (C=O) groups excluding carboxylic acids is 2. The molecule has 1 aliphatic rings. The standard InChI is InChI=1S/C16H24N4O2/c1-11-8-12(5-6-16(22)18-2)9-13(19-11)14-4-3-7-20(14)10-15(17)21/h8-9,14H,3-7,10H2,1-2H3,(H2,17,21)(H,18,22)/t14-/m0/s1. The maximum atomic E-state index is 11.4. The van der Waals surface area contributed by atoms with Gasteiger partial charge in [-0.2, -0.15) is 0 Å². The van der Waals surface area contributed by atoms with Crippen molar-refractivity contribution in [3.05, 3.63) is 29.1 Å². The number of nitrogens with two attached hydrogens (primary N) is 1. The van der Waals surface area contributed by atoms with Crippen molar-refractivity contribution in [1.82, 2.24) is 15.2 Å². The lowest BCUT2D eigenvalue weighted by Crippen LogP contribution is -2.33. The number of nitrogens with one attached hydrogen (secondary N) is 1. The predicted octanol–water partition coefficient (Wildman–Crippen LogP) is 0.691. The number of aromatic nitrogens is 1. The molecule has 6 nitrogen and oxygen atoms in total. The highest BCUT2D eigenvalue weighted by Crippen LogP contribution is 2.31. The van der Waals surface area contributed by atoms with Crippen LogP contribution >= 0.6 is 0 Å². The van der Waals surface area contributed by atoms with Crippen LogP contribution in [-0.2, 0) is 16.0 Å². The van der Waals surface area contributed by atoms with Crippen LogP contribution in [0.1, 0.15) is 42.3 Å². The first-order valence-corrected chi connectivity index (χ1v) is 7.70.